The number of aliphatic carboxylic acids is 1. The zero-order valence-corrected chi connectivity index (χ0v) is 15.6. The first-order valence-electron chi connectivity index (χ1n) is 8.76. The van der Waals surface area contributed by atoms with Crippen LogP contribution in [0.25, 0.3) is 0 Å². The molecule has 8 heteroatoms. The monoisotopic (exact) mass is 378 g/mol. The Hall–Kier alpha value is -2.90. The Morgan fingerprint density at radius 2 is 1.74 bits per heavy atom. The Balaban J connectivity index is 2.50. The quantitative estimate of drug-likeness (QED) is 0.540. The highest BCUT2D eigenvalue weighted by Gasteiger charge is 2.23. The van der Waals surface area contributed by atoms with E-state index < -0.39 is 24.0 Å². The molecule has 2 amide bonds. The molecule has 0 aliphatic heterocycles. The van der Waals surface area contributed by atoms with E-state index in [2.05, 4.69) is 10.6 Å². The standard InChI is InChI=1S/C19H26N2O6/c1-13(2)10-16(18(25)20-11-15(22)8-9-17(23)24)21-19(26)27-12-14-6-4-3-5-7-14/h3-7,13,16H,8-12H2,1-2H3,(H,20,25)(H,21,26)(H,23,24). The summed E-state index contributed by atoms with van der Waals surface area (Å²) in [5.74, 6) is -1.85. The number of carbonyl (C=O) groups is 4. The Bertz CT molecular complexity index is 645. The van der Waals surface area contributed by atoms with Gasteiger partial charge >= 0.3 is 12.1 Å². The number of benzene rings is 1. The van der Waals surface area contributed by atoms with Crippen LogP contribution in [0.4, 0.5) is 4.79 Å². The number of ketones is 1. The normalized spacial score (nSPS) is 11.5. The highest BCUT2D eigenvalue weighted by molar-refractivity contribution is 5.90. The molecule has 148 valence electrons. The fourth-order valence-corrected chi connectivity index (χ4v) is 2.25. The summed E-state index contributed by atoms with van der Waals surface area (Å²) in [5, 5.41) is 13.5. The van der Waals surface area contributed by atoms with E-state index in [0.29, 0.717) is 6.42 Å². The molecule has 0 spiro atoms. The highest BCUT2D eigenvalue weighted by Crippen LogP contribution is 2.06. The summed E-state index contributed by atoms with van der Waals surface area (Å²) in [6.07, 6.45) is -0.794. The topological polar surface area (TPSA) is 122 Å². The summed E-state index contributed by atoms with van der Waals surface area (Å²) in [4.78, 5) is 46.3. The third-order valence-corrected chi connectivity index (χ3v) is 3.61. The van der Waals surface area contributed by atoms with Crippen LogP contribution in [0.1, 0.15) is 38.7 Å². The first-order chi connectivity index (χ1) is 12.8. The molecular formula is C19H26N2O6. The van der Waals surface area contributed by atoms with Crippen molar-refractivity contribution in [2.45, 2.75) is 45.8 Å². The minimum Gasteiger partial charge on any atom is -0.481 e. The number of hydrogen-bond acceptors (Lipinski definition) is 5. The number of carboxylic acids is 1. The van der Waals surface area contributed by atoms with Crippen molar-refractivity contribution in [3.63, 3.8) is 0 Å². The molecule has 0 aliphatic carbocycles. The minimum absolute atomic E-state index is 0.0797. The summed E-state index contributed by atoms with van der Waals surface area (Å²) in [6, 6.07) is 8.29. The van der Waals surface area contributed by atoms with Crippen molar-refractivity contribution in [1.82, 2.24) is 10.6 Å². The lowest BCUT2D eigenvalue weighted by Gasteiger charge is -2.19. The Morgan fingerprint density at radius 1 is 1.07 bits per heavy atom. The van der Waals surface area contributed by atoms with Crippen LogP contribution >= 0.6 is 0 Å². The Kier molecular flexibility index (Phi) is 9.57. The molecule has 0 saturated carbocycles. The molecule has 0 aromatic heterocycles. The summed E-state index contributed by atoms with van der Waals surface area (Å²) in [5.41, 5.74) is 0.821. The van der Waals surface area contributed by atoms with Gasteiger partial charge in [0.25, 0.3) is 0 Å². The van der Waals surface area contributed by atoms with Gasteiger partial charge in [0, 0.05) is 6.42 Å². The van der Waals surface area contributed by atoms with E-state index in [4.69, 9.17) is 9.84 Å². The van der Waals surface area contributed by atoms with Crippen LogP contribution in [0.15, 0.2) is 30.3 Å². The van der Waals surface area contributed by atoms with Crippen molar-refractivity contribution in [2.75, 3.05) is 6.54 Å². The lowest BCUT2D eigenvalue weighted by atomic mass is 10.0. The summed E-state index contributed by atoms with van der Waals surface area (Å²) < 4.78 is 5.12. The summed E-state index contributed by atoms with van der Waals surface area (Å²) >= 11 is 0. The maximum Gasteiger partial charge on any atom is 0.408 e. The molecule has 1 aromatic carbocycles. The second-order valence-corrected chi connectivity index (χ2v) is 6.54. The van der Waals surface area contributed by atoms with Crippen molar-refractivity contribution in [3.05, 3.63) is 35.9 Å². The van der Waals surface area contributed by atoms with Gasteiger partial charge in [-0.1, -0.05) is 44.2 Å². The van der Waals surface area contributed by atoms with Gasteiger partial charge in [-0.05, 0) is 17.9 Å². The Labute approximate surface area is 158 Å². The molecule has 1 rings (SSSR count). The fourth-order valence-electron chi connectivity index (χ4n) is 2.25. The maximum absolute atomic E-state index is 12.3. The van der Waals surface area contributed by atoms with Gasteiger partial charge in [-0.15, -0.1) is 0 Å². The molecule has 1 aromatic rings. The van der Waals surface area contributed by atoms with Crippen LogP contribution < -0.4 is 10.6 Å². The first-order valence-corrected chi connectivity index (χ1v) is 8.76. The average molecular weight is 378 g/mol. The van der Waals surface area contributed by atoms with Crippen molar-refractivity contribution >= 4 is 23.8 Å². The first kappa shape index (κ1) is 22.1. The molecule has 0 saturated heterocycles. The van der Waals surface area contributed by atoms with Gasteiger partial charge in [-0.2, -0.15) is 0 Å². The van der Waals surface area contributed by atoms with E-state index in [9.17, 15) is 19.2 Å². The summed E-state index contributed by atoms with van der Waals surface area (Å²) in [7, 11) is 0. The van der Waals surface area contributed by atoms with Crippen LogP contribution in [-0.2, 0) is 25.7 Å². The van der Waals surface area contributed by atoms with Gasteiger partial charge in [0.2, 0.25) is 5.91 Å². The zero-order valence-electron chi connectivity index (χ0n) is 15.6. The lowest BCUT2D eigenvalue weighted by molar-refractivity contribution is -0.138. The van der Waals surface area contributed by atoms with E-state index in [-0.39, 0.29) is 37.7 Å². The molecule has 1 unspecified atom stereocenters. The van der Waals surface area contributed by atoms with Crippen LogP contribution in [0.5, 0.6) is 0 Å². The number of hydrogen-bond donors (Lipinski definition) is 3. The van der Waals surface area contributed by atoms with Crippen molar-refractivity contribution in [3.8, 4) is 0 Å². The summed E-state index contributed by atoms with van der Waals surface area (Å²) in [6.45, 7) is 3.60. The van der Waals surface area contributed by atoms with Gasteiger partial charge in [0.15, 0.2) is 5.78 Å². The van der Waals surface area contributed by atoms with E-state index in [1.165, 1.54) is 0 Å². The lowest BCUT2D eigenvalue weighted by Crippen LogP contribution is -2.48. The van der Waals surface area contributed by atoms with Gasteiger partial charge < -0.3 is 20.5 Å². The van der Waals surface area contributed by atoms with Crippen molar-refractivity contribution < 1.29 is 29.0 Å². The number of rotatable bonds is 11. The third kappa shape index (κ3) is 9.98. The van der Waals surface area contributed by atoms with E-state index >= 15 is 0 Å². The average Bonchev–Trinajstić information content (AvgIpc) is 2.62. The SMILES string of the molecule is CC(C)CC(NC(=O)OCc1ccccc1)C(=O)NCC(=O)CCC(=O)O. The third-order valence-electron chi connectivity index (χ3n) is 3.61. The predicted octanol–water partition coefficient (Wildman–Crippen LogP) is 1.88. The van der Waals surface area contributed by atoms with E-state index in [1.54, 1.807) is 0 Å². The molecule has 3 N–H and O–H groups in total. The van der Waals surface area contributed by atoms with Gasteiger partial charge in [0.1, 0.15) is 12.6 Å². The highest BCUT2D eigenvalue weighted by atomic mass is 16.5. The number of amides is 2. The van der Waals surface area contributed by atoms with E-state index in [0.717, 1.165) is 5.56 Å². The minimum atomic E-state index is -1.07. The number of carbonyl (C=O) groups excluding carboxylic acids is 3. The van der Waals surface area contributed by atoms with Gasteiger partial charge in [-0.3, -0.25) is 14.4 Å². The van der Waals surface area contributed by atoms with Crippen molar-refractivity contribution in [2.24, 2.45) is 5.92 Å². The van der Waals surface area contributed by atoms with E-state index in [1.807, 2.05) is 44.2 Å². The largest absolute Gasteiger partial charge is 0.481 e. The molecule has 1 atom stereocenters. The molecular weight excluding hydrogens is 352 g/mol. The molecule has 0 heterocycles. The Morgan fingerprint density at radius 3 is 2.33 bits per heavy atom. The fraction of sp³-hybridized carbons (Fsp3) is 0.474. The van der Waals surface area contributed by atoms with Gasteiger partial charge in [-0.25, -0.2) is 4.79 Å². The number of Topliss-reactive ketones (excluding diaryl/α,β-unsaturated/α-hetero) is 1. The smallest absolute Gasteiger partial charge is 0.408 e. The van der Waals surface area contributed by atoms with Crippen LogP contribution in [0.2, 0.25) is 0 Å². The second-order valence-electron chi connectivity index (χ2n) is 6.54. The number of alkyl carbamates (subject to hydrolysis) is 1. The molecule has 8 nitrogen and oxygen atoms in total. The second kappa shape index (κ2) is 11.7. The number of nitrogens with one attached hydrogen (secondary N) is 2. The molecule has 27 heavy (non-hydrogen) atoms. The number of carboxylic acid groups (broad SMARTS) is 1. The number of ether oxygens (including phenoxy) is 1. The van der Waals surface area contributed by atoms with Crippen molar-refractivity contribution in [1.29, 1.82) is 0 Å². The molecule has 0 aliphatic rings. The zero-order chi connectivity index (χ0) is 20.2. The van der Waals surface area contributed by atoms with Crippen LogP contribution in [0.3, 0.4) is 0 Å². The molecule has 0 bridgehead atoms. The maximum atomic E-state index is 12.3. The van der Waals surface area contributed by atoms with Gasteiger partial charge in [0.05, 0.1) is 13.0 Å². The molecule has 0 radical (unpaired) electrons. The predicted molar refractivity (Wildman–Crippen MR) is 97.9 cm³/mol. The van der Waals surface area contributed by atoms with Crippen LogP contribution in [-0.4, -0.2) is 41.4 Å². The van der Waals surface area contributed by atoms with Crippen LogP contribution in [0, 0.1) is 5.92 Å². The molecule has 0 fully saturated rings.